The Morgan fingerprint density at radius 1 is 1.40 bits per heavy atom. The van der Waals surface area contributed by atoms with Crippen molar-refractivity contribution < 1.29 is 0 Å². The lowest BCUT2D eigenvalue weighted by Gasteiger charge is -2.03. The van der Waals surface area contributed by atoms with Crippen molar-refractivity contribution in [1.29, 1.82) is 0 Å². The molecule has 1 rings (SSSR count). The molecule has 4 heteroatoms. The molecule has 0 aromatic heterocycles. The molecule has 4 nitrogen and oxygen atoms in total. The number of hydrogen-bond donors (Lipinski definition) is 2. The fourth-order valence-corrected chi connectivity index (χ4v) is 1.20. The first-order valence-electron chi connectivity index (χ1n) is 4.80. The van der Waals surface area contributed by atoms with Crippen LogP contribution in [0.4, 0.5) is 0 Å². The summed E-state index contributed by atoms with van der Waals surface area (Å²) in [6.07, 6.45) is 1.65. The van der Waals surface area contributed by atoms with Gasteiger partial charge in [-0.05, 0) is 5.56 Å². The molecule has 0 aliphatic rings. The van der Waals surface area contributed by atoms with Crippen LogP contribution in [-0.4, -0.2) is 25.5 Å². The second kappa shape index (κ2) is 6.73. The molecule has 15 heavy (non-hydrogen) atoms. The summed E-state index contributed by atoms with van der Waals surface area (Å²) in [7, 11) is 1.70. The lowest BCUT2D eigenvalue weighted by atomic mass is 10.2. The number of hydrogen-bond acceptors (Lipinski definition) is 4. The van der Waals surface area contributed by atoms with E-state index in [0.29, 0.717) is 6.54 Å². The maximum absolute atomic E-state index is 5.20. The Morgan fingerprint density at radius 3 is 2.73 bits per heavy atom. The van der Waals surface area contributed by atoms with Crippen LogP contribution in [0.2, 0.25) is 0 Å². The highest BCUT2D eigenvalue weighted by atomic mass is 15.1. The van der Waals surface area contributed by atoms with Crippen LogP contribution in [0.1, 0.15) is 5.56 Å². The summed E-state index contributed by atoms with van der Waals surface area (Å²) in [5.74, 6) is 5.20. The van der Waals surface area contributed by atoms with Gasteiger partial charge in [0.15, 0.2) is 0 Å². The van der Waals surface area contributed by atoms with Crippen molar-refractivity contribution in [1.82, 2.24) is 5.32 Å². The summed E-state index contributed by atoms with van der Waals surface area (Å²) < 4.78 is 0. The van der Waals surface area contributed by atoms with Crippen molar-refractivity contribution in [3.05, 3.63) is 35.9 Å². The minimum absolute atomic E-state index is 0.628. The molecular formula is C11H16N4. The third-order valence-electron chi connectivity index (χ3n) is 1.92. The van der Waals surface area contributed by atoms with E-state index in [1.807, 2.05) is 18.2 Å². The number of rotatable bonds is 5. The maximum atomic E-state index is 5.20. The third-order valence-corrected chi connectivity index (χ3v) is 1.92. The van der Waals surface area contributed by atoms with Gasteiger partial charge in [-0.25, -0.2) is 0 Å². The SMILES string of the molecule is CN=CC(CNCc1ccccc1)=NN. The van der Waals surface area contributed by atoms with E-state index in [2.05, 4.69) is 27.5 Å². The van der Waals surface area contributed by atoms with Gasteiger partial charge in [0.2, 0.25) is 0 Å². The summed E-state index contributed by atoms with van der Waals surface area (Å²) in [4.78, 5) is 3.86. The number of hydrazone groups is 1. The van der Waals surface area contributed by atoms with Crippen LogP contribution in [0.3, 0.4) is 0 Å². The quantitative estimate of drug-likeness (QED) is 0.423. The number of aliphatic imine (C=N–C) groups is 1. The summed E-state index contributed by atoms with van der Waals surface area (Å²) in [6.45, 7) is 1.43. The van der Waals surface area contributed by atoms with Crippen molar-refractivity contribution in [3.8, 4) is 0 Å². The molecule has 0 fully saturated rings. The molecule has 0 atom stereocenters. The third kappa shape index (κ3) is 4.37. The minimum Gasteiger partial charge on any atom is -0.323 e. The van der Waals surface area contributed by atoms with Crippen molar-refractivity contribution >= 4 is 11.9 Å². The van der Waals surface area contributed by atoms with Crippen LogP contribution in [0.15, 0.2) is 40.4 Å². The van der Waals surface area contributed by atoms with Gasteiger partial charge in [0.05, 0.1) is 5.71 Å². The van der Waals surface area contributed by atoms with Gasteiger partial charge in [0.25, 0.3) is 0 Å². The van der Waals surface area contributed by atoms with Gasteiger partial charge in [0, 0.05) is 26.4 Å². The zero-order chi connectivity index (χ0) is 10.9. The molecule has 0 radical (unpaired) electrons. The first-order chi connectivity index (χ1) is 7.36. The fraction of sp³-hybridized carbons (Fsp3) is 0.273. The van der Waals surface area contributed by atoms with Crippen LogP contribution >= 0.6 is 0 Å². The molecule has 0 amide bonds. The van der Waals surface area contributed by atoms with E-state index < -0.39 is 0 Å². The second-order valence-corrected chi connectivity index (χ2v) is 3.10. The molecule has 0 saturated carbocycles. The van der Waals surface area contributed by atoms with Gasteiger partial charge in [-0.1, -0.05) is 30.3 Å². The van der Waals surface area contributed by atoms with E-state index in [1.54, 1.807) is 13.3 Å². The molecule has 0 bridgehead atoms. The van der Waals surface area contributed by atoms with Crippen LogP contribution in [0, 0.1) is 0 Å². The molecule has 0 aliphatic carbocycles. The Balaban J connectivity index is 2.33. The molecular weight excluding hydrogens is 188 g/mol. The van der Waals surface area contributed by atoms with Crippen molar-refractivity contribution in [2.75, 3.05) is 13.6 Å². The van der Waals surface area contributed by atoms with E-state index in [1.165, 1.54) is 5.56 Å². The second-order valence-electron chi connectivity index (χ2n) is 3.10. The summed E-state index contributed by atoms with van der Waals surface area (Å²) in [5.41, 5.74) is 1.98. The van der Waals surface area contributed by atoms with E-state index in [4.69, 9.17) is 5.84 Å². The molecule has 0 unspecified atom stereocenters. The Kier molecular flexibility index (Phi) is 5.11. The summed E-state index contributed by atoms with van der Waals surface area (Å²) >= 11 is 0. The number of nitrogens with zero attached hydrogens (tertiary/aromatic N) is 2. The summed E-state index contributed by atoms with van der Waals surface area (Å²) in [6, 6.07) is 10.2. The van der Waals surface area contributed by atoms with E-state index in [9.17, 15) is 0 Å². The monoisotopic (exact) mass is 204 g/mol. The van der Waals surface area contributed by atoms with Gasteiger partial charge >= 0.3 is 0 Å². The molecule has 0 saturated heterocycles. The minimum atomic E-state index is 0.628. The smallest absolute Gasteiger partial charge is 0.0915 e. The fourth-order valence-electron chi connectivity index (χ4n) is 1.20. The molecule has 0 aliphatic heterocycles. The highest BCUT2D eigenvalue weighted by molar-refractivity contribution is 6.31. The van der Waals surface area contributed by atoms with Crippen molar-refractivity contribution in [3.63, 3.8) is 0 Å². The zero-order valence-corrected chi connectivity index (χ0v) is 8.85. The van der Waals surface area contributed by atoms with E-state index >= 15 is 0 Å². The molecule has 0 heterocycles. The highest BCUT2D eigenvalue weighted by Gasteiger charge is 1.95. The maximum Gasteiger partial charge on any atom is 0.0915 e. The summed E-state index contributed by atoms with van der Waals surface area (Å²) in [5, 5.41) is 6.85. The first kappa shape index (κ1) is 11.4. The standard InChI is InChI=1S/C11H16N4/c1-13-8-11(15-12)9-14-7-10-5-3-2-4-6-10/h2-6,8,14H,7,9,12H2,1H3. The average molecular weight is 204 g/mol. The van der Waals surface area contributed by atoms with Crippen LogP contribution in [-0.2, 0) is 6.54 Å². The topological polar surface area (TPSA) is 62.8 Å². The van der Waals surface area contributed by atoms with Crippen LogP contribution in [0.25, 0.3) is 0 Å². The molecule has 0 spiro atoms. The Labute approximate surface area is 89.9 Å². The van der Waals surface area contributed by atoms with Crippen molar-refractivity contribution in [2.24, 2.45) is 15.9 Å². The van der Waals surface area contributed by atoms with Gasteiger partial charge in [-0.2, -0.15) is 5.10 Å². The van der Waals surface area contributed by atoms with Gasteiger partial charge in [-0.15, -0.1) is 0 Å². The van der Waals surface area contributed by atoms with Crippen LogP contribution < -0.4 is 11.2 Å². The average Bonchev–Trinajstić information content (AvgIpc) is 2.29. The van der Waals surface area contributed by atoms with Crippen LogP contribution in [0.5, 0.6) is 0 Å². The lowest BCUT2D eigenvalue weighted by molar-refractivity contribution is 0.777. The molecule has 3 N–H and O–H groups in total. The Hall–Kier alpha value is -1.68. The predicted molar refractivity (Wildman–Crippen MR) is 64.2 cm³/mol. The van der Waals surface area contributed by atoms with Gasteiger partial charge < -0.3 is 11.2 Å². The first-order valence-corrected chi connectivity index (χ1v) is 4.80. The Bertz CT molecular complexity index is 330. The lowest BCUT2D eigenvalue weighted by Crippen LogP contribution is -2.24. The van der Waals surface area contributed by atoms with Crippen molar-refractivity contribution in [2.45, 2.75) is 6.54 Å². The Morgan fingerprint density at radius 2 is 2.13 bits per heavy atom. The highest BCUT2D eigenvalue weighted by Crippen LogP contribution is 1.96. The van der Waals surface area contributed by atoms with Gasteiger partial charge in [-0.3, -0.25) is 4.99 Å². The normalized spacial score (nSPS) is 12.2. The number of nitrogens with one attached hydrogen (secondary N) is 1. The molecule has 1 aromatic rings. The van der Waals surface area contributed by atoms with E-state index in [-0.39, 0.29) is 0 Å². The number of benzene rings is 1. The van der Waals surface area contributed by atoms with Gasteiger partial charge in [0.1, 0.15) is 0 Å². The zero-order valence-electron chi connectivity index (χ0n) is 8.85. The van der Waals surface area contributed by atoms with E-state index in [0.717, 1.165) is 12.3 Å². The largest absolute Gasteiger partial charge is 0.323 e. The predicted octanol–water partition coefficient (Wildman–Crippen LogP) is 0.791. The molecule has 1 aromatic carbocycles. The number of nitrogens with two attached hydrogens (primary N) is 1. The molecule has 80 valence electrons.